The van der Waals surface area contributed by atoms with Crippen LogP contribution in [0.5, 0.6) is 0 Å². The largest absolute Gasteiger partial charge is 0.324 e. The van der Waals surface area contributed by atoms with Crippen LogP contribution in [0.1, 0.15) is 5.56 Å². The van der Waals surface area contributed by atoms with Crippen LogP contribution in [0.3, 0.4) is 0 Å². The fraction of sp³-hybridized carbons (Fsp3) is 0.150. The van der Waals surface area contributed by atoms with Crippen molar-refractivity contribution in [2.24, 2.45) is 0 Å². The maximum Gasteiger partial charge on any atom is 0.239 e. The molecule has 0 spiro atoms. The lowest BCUT2D eigenvalue weighted by molar-refractivity contribution is -0.116. The van der Waals surface area contributed by atoms with E-state index >= 15 is 0 Å². The van der Waals surface area contributed by atoms with Crippen LogP contribution in [0, 0.1) is 0 Å². The van der Waals surface area contributed by atoms with Crippen LogP contribution >= 0.6 is 11.6 Å². The standard InChI is InChI=1S/C20H19ClN2O3S/c1-27(25,26)23(13-16-8-3-5-11-18(16)21)14-20(24)22-19-12-6-9-15-7-2-4-10-17(15)19/h2-12H,13-14H2,1H3,(H,22,24). The SMILES string of the molecule is CS(=O)(=O)N(CC(=O)Nc1cccc2ccccc12)Cc1ccccc1Cl. The molecule has 0 aromatic heterocycles. The van der Waals surface area contributed by atoms with Gasteiger partial charge in [-0.1, -0.05) is 66.2 Å². The first-order valence-electron chi connectivity index (χ1n) is 8.31. The maximum absolute atomic E-state index is 12.5. The van der Waals surface area contributed by atoms with Gasteiger partial charge in [0.15, 0.2) is 0 Å². The first-order chi connectivity index (χ1) is 12.8. The highest BCUT2D eigenvalue weighted by Crippen LogP contribution is 2.23. The highest BCUT2D eigenvalue weighted by molar-refractivity contribution is 7.88. The van der Waals surface area contributed by atoms with E-state index in [9.17, 15) is 13.2 Å². The van der Waals surface area contributed by atoms with E-state index in [-0.39, 0.29) is 13.1 Å². The zero-order valence-electron chi connectivity index (χ0n) is 14.7. The number of amides is 1. The van der Waals surface area contributed by atoms with Crippen molar-refractivity contribution in [2.75, 3.05) is 18.1 Å². The third-order valence-corrected chi connectivity index (χ3v) is 5.72. The van der Waals surface area contributed by atoms with Crippen LogP contribution in [0.2, 0.25) is 5.02 Å². The van der Waals surface area contributed by atoms with Crippen LogP contribution in [-0.4, -0.2) is 31.4 Å². The smallest absolute Gasteiger partial charge is 0.239 e. The fourth-order valence-electron chi connectivity index (χ4n) is 2.79. The second-order valence-electron chi connectivity index (χ2n) is 6.20. The summed E-state index contributed by atoms with van der Waals surface area (Å²) in [6.45, 7) is -0.269. The molecule has 0 unspecified atom stereocenters. The van der Waals surface area contributed by atoms with Gasteiger partial charge in [-0.25, -0.2) is 8.42 Å². The summed E-state index contributed by atoms with van der Waals surface area (Å²) >= 11 is 6.13. The topological polar surface area (TPSA) is 66.5 Å². The number of sulfonamides is 1. The summed E-state index contributed by atoms with van der Waals surface area (Å²) in [6, 6.07) is 20.2. The van der Waals surface area contributed by atoms with Crippen molar-refractivity contribution in [3.05, 3.63) is 77.3 Å². The molecular weight excluding hydrogens is 384 g/mol. The number of fused-ring (bicyclic) bond motifs is 1. The summed E-state index contributed by atoms with van der Waals surface area (Å²) in [4.78, 5) is 12.5. The molecule has 0 aliphatic carbocycles. The van der Waals surface area contributed by atoms with Crippen LogP contribution in [0.15, 0.2) is 66.7 Å². The molecule has 0 aliphatic rings. The number of hydrogen-bond acceptors (Lipinski definition) is 3. The summed E-state index contributed by atoms with van der Waals surface area (Å²) in [5, 5.41) is 5.15. The highest BCUT2D eigenvalue weighted by Gasteiger charge is 2.21. The normalized spacial score (nSPS) is 11.7. The molecular formula is C20H19ClN2O3S. The van der Waals surface area contributed by atoms with Gasteiger partial charge in [-0.05, 0) is 23.1 Å². The number of nitrogens with one attached hydrogen (secondary N) is 1. The van der Waals surface area contributed by atoms with E-state index in [0.717, 1.165) is 21.3 Å². The second kappa shape index (κ2) is 8.08. The van der Waals surface area contributed by atoms with Crippen molar-refractivity contribution in [1.29, 1.82) is 0 Å². The molecule has 1 N–H and O–H groups in total. The molecule has 27 heavy (non-hydrogen) atoms. The number of halogens is 1. The van der Waals surface area contributed by atoms with Crippen LogP contribution in [0.25, 0.3) is 10.8 Å². The molecule has 0 heterocycles. The Kier molecular flexibility index (Phi) is 5.79. The summed E-state index contributed by atoms with van der Waals surface area (Å²) in [7, 11) is -3.60. The van der Waals surface area contributed by atoms with Crippen molar-refractivity contribution in [2.45, 2.75) is 6.54 Å². The van der Waals surface area contributed by atoms with Crippen molar-refractivity contribution in [3.63, 3.8) is 0 Å². The monoisotopic (exact) mass is 402 g/mol. The molecule has 7 heteroatoms. The zero-order valence-corrected chi connectivity index (χ0v) is 16.3. The Morgan fingerprint density at radius 1 is 1.00 bits per heavy atom. The fourth-order valence-corrected chi connectivity index (χ4v) is 3.71. The Hall–Kier alpha value is -2.41. The van der Waals surface area contributed by atoms with E-state index in [0.29, 0.717) is 16.3 Å². The van der Waals surface area contributed by atoms with Gasteiger partial charge in [0.05, 0.1) is 12.8 Å². The molecule has 1 amide bonds. The minimum Gasteiger partial charge on any atom is -0.324 e. The van der Waals surface area contributed by atoms with Gasteiger partial charge >= 0.3 is 0 Å². The Morgan fingerprint density at radius 2 is 1.67 bits per heavy atom. The van der Waals surface area contributed by atoms with Gasteiger partial charge in [-0.3, -0.25) is 4.79 Å². The van der Waals surface area contributed by atoms with Crippen molar-refractivity contribution in [3.8, 4) is 0 Å². The number of anilines is 1. The quantitative estimate of drug-likeness (QED) is 0.680. The summed E-state index contributed by atoms with van der Waals surface area (Å²) in [5.41, 5.74) is 1.28. The molecule has 0 fully saturated rings. The van der Waals surface area contributed by atoms with Crippen molar-refractivity contribution >= 4 is 44.0 Å². The number of nitrogens with zero attached hydrogens (tertiary/aromatic N) is 1. The average molecular weight is 403 g/mol. The van der Waals surface area contributed by atoms with Gasteiger partial charge in [0, 0.05) is 22.6 Å². The third kappa shape index (κ3) is 4.86. The Morgan fingerprint density at radius 3 is 2.41 bits per heavy atom. The molecule has 3 aromatic rings. The molecule has 0 atom stereocenters. The van der Waals surface area contributed by atoms with Gasteiger partial charge in [0.1, 0.15) is 0 Å². The predicted molar refractivity (Wildman–Crippen MR) is 109 cm³/mol. The third-order valence-electron chi connectivity index (χ3n) is 4.16. The molecule has 0 aliphatic heterocycles. The lowest BCUT2D eigenvalue weighted by Gasteiger charge is -2.20. The zero-order chi connectivity index (χ0) is 19.4. The van der Waals surface area contributed by atoms with Gasteiger partial charge in [0.25, 0.3) is 0 Å². The minimum absolute atomic E-state index is 0.0292. The first-order valence-corrected chi connectivity index (χ1v) is 10.5. The molecule has 5 nitrogen and oxygen atoms in total. The number of hydrogen-bond donors (Lipinski definition) is 1. The van der Waals surface area contributed by atoms with E-state index < -0.39 is 15.9 Å². The summed E-state index contributed by atoms with van der Waals surface area (Å²) in [5.74, 6) is -0.413. The molecule has 3 aromatic carbocycles. The molecule has 0 bridgehead atoms. The Bertz CT molecular complexity index is 1080. The molecule has 0 saturated heterocycles. The van der Waals surface area contributed by atoms with Crippen LogP contribution < -0.4 is 5.32 Å². The van der Waals surface area contributed by atoms with Crippen LogP contribution in [0.4, 0.5) is 5.69 Å². The summed E-state index contributed by atoms with van der Waals surface area (Å²) < 4.78 is 25.4. The van der Waals surface area contributed by atoms with E-state index in [1.807, 2.05) is 36.4 Å². The first kappa shape index (κ1) is 19.4. The van der Waals surface area contributed by atoms with Gasteiger partial charge < -0.3 is 5.32 Å². The highest BCUT2D eigenvalue weighted by atomic mass is 35.5. The minimum atomic E-state index is -3.60. The van der Waals surface area contributed by atoms with Crippen LogP contribution in [-0.2, 0) is 21.4 Å². The second-order valence-corrected chi connectivity index (χ2v) is 8.59. The molecule has 0 saturated carbocycles. The van der Waals surface area contributed by atoms with E-state index in [1.54, 1.807) is 30.3 Å². The lowest BCUT2D eigenvalue weighted by atomic mass is 10.1. The molecule has 3 rings (SSSR count). The number of rotatable bonds is 6. The number of carbonyl (C=O) groups is 1. The summed E-state index contributed by atoms with van der Waals surface area (Å²) in [6.07, 6.45) is 1.08. The molecule has 140 valence electrons. The van der Waals surface area contributed by atoms with Crippen molar-refractivity contribution in [1.82, 2.24) is 4.31 Å². The Balaban J connectivity index is 1.80. The van der Waals surface area contributed by atoms with E-state index in [1.165, 1.54) is 0 Å². The van der Waals surface area contributed by atoms with Gasteiger partial charge in [0.2, 0.25) is 15.9 Å². The number of benzene rings is 3. The Labute approximate surface area is 163 Å². The lowest BCUT2D eigenvalue weighted by Crippen LogP contribution is -2.37. The van der Waals surface area contributed by atoms with E-state index in [4.69, 9.17) is 11.6 Å². The van der Waals surface area contributed by atoms with Crippen molar-refractivity contribution < 1.29 is 13.2 Å². The average Bonchev–Trinajstić information content (AvgIpc) is 2.62. The maximum atomic E-state index is 12.5. The van der Waals surface area contributed by atoms with Gasteiger partial charge in [-0.15, -0.1) is 0 Å². The van der Waals surface area contributed by atoms with E-state index in [2.05, 4.69) is 5.32 Å². The predicted octanol–water partition coefficient (Wildman–Crippen LogP) is 3.89. The van der Waals surface area contributed by atoms with Gasteiger partial charge in [-0.2, -0.15) is 4.31 Å². The number of carbonyl (C=O) groups excluding carboxylic acids is 1. The molecule has 0 radical (unpaired) electrons.